The Labute approximate surface area is 128 Å². The molecule has 1 saturated carbocycles. The smallest absolute Gasteiger partial charge is 0.241 e. The third-order valence-corrected chi connectivity index (χ3v) is 4.46. The number of hydrogen-bond acceptors (Lipinski definition) is 2. The van der Waals surface area contributed by atoms with E-state index in [0.717, 1.165) is 24.4 Å². The molecule has 0 spiro atoms. The SMILES string of the molecule is CN(C)[C@@H](C(=O)NCCC1CCCCC1)c1ccccc1. The van der Waals surface area contributed by atoms with E-state index in [1.165, 1.54) is 32.1 Å². The maximum Gasteiger partial charge on any atom is 0.241 e. The summed E-state index contributed by atoms with van der Waals surface area (Å²) in [6.07, 6.45) is 7.92. The van der Waals surface area contributed by atoms with Gasteiger partial charge in [0.2, 0.25) is 5.91 Å². The van der Waals surface area contributed by atoms with Crippen LogP contribution in [0, 0.1) is 5.92 Å². The van der Waals surface area contributed by atoms with Crippen molar-refractivity contribution in [2.24, 2.45) is 5.92 Å². The van der Waals surface area contributed by atoms with Gasteiger partial charge in [-0.1, -0.05) is 62.4 Å². The summed E-state index contributed by atoms with van der Waals surface area (Å²) in [6, 6.07) is 9.80. The summed E-state index contributed by atoms with van der Waals surface area (Å²) in [7, 11) is 3.91. The van der Waals surface area contributed by atoms with Gasteiger partial charge in [-0.2, -0.15) is 0 Å². The zero-order valence-corrected chi connectivity index (χ0v) is 13.3. The van der Waals surface area contributed by atoms with Crippen molar-refractivity contribution >= 4 is 5.91 Å². The minimum Gasteiger partial charge on any atom is -0.354 e. The molecule has 0 unspecified atom stereocenters. The van der Waals surface area contributed by atoms with Crippen LogP contribution < -0.4 is 5.32 Å². The molecule has 1 amide bonds. The van der Waals surface area contributed by atoms with Crippen molar-refractivity contribution in [1.82, 2.24) is 10.2 Å². The second-order valence-corrected chi connectivity index (χ2v) is 6.36. The highest BCUT2D eigenvalue weighted by atomic mass is 16.2. The van der Waals surface area contributed by atoms with Gasteiger partial charge in [0, 0.05) is 6.54 Å². The molecule has 0 saturated heterocycles. The Morgan fingerprint density at radius 3 is 2.48 bits per heavy atom. The Morgan fingerprint density at radius 1 is 1.19 bits per heavy atom. The van der Waals surface area contributed by atoms with E-state index >= 15 is 0 Å². The van der Waals surface area contributed by atoms with Crippen LogP contribution in [0.5, 0.6) is 0 Å². The lowest BCUT2D eigenvalue weighted by Gasteiger charge is -2.25. The molecular formula is C18H28N2O. The van der Waals surface area contributed by atoms with Crippen molar-refractivity contribution in [3.05, 3.63) is 35.9 Å². The number of carbonyl (C=O) groups is 1. The van der Waals surface area contributed by atoms with Gasteiger partial charge in [0.25, 0.3) is 0 Å². The van der Waals surface area contributed by atoms with Gasteiger partial charge in [-0.05, 0) is 32.0 Å². The number of nitrogens with zero attached hydrogens (tertiary/aromatic N) is 1. The van der Waals surface area contributed by atoms with Gasteiger partial charge in [0.05, 0.1) is 0 Å². The highest BCUT2D eigenvalue weighted by molar-refractivity contribution is 5.83. The normalized spacial score (nSPS) is 17.7. The first kappa shape index (κ1) is 16.0. The third-order valence-electron chi connectivity index (χ3n) is 4.46. The fourth-order valence-electron chi connectivity index (χ4n) is 3.29. The first-order valence-electron chi connectivity index (χ1n) is 8.17. The summed E-state index contributed by atoms with van der Waals surface area (Å²) < 4.78 is 0. The molecule has 3 nitrogen and oxygen atoms in total. The van der Waals surface area contributed by atoms with Gasteiger partial charge >= 0.3 is 0 Å². The molecule has 3 heteroatoms. The predicted molar refractivity (Wildman–Crippen MR) is 87.1 cm³/mol. The molecule has 1 N–H and O–H groups in total. The van der Waals surface area contributed by atoms with E-state index in [4.69, 9.17) is 0 Å². The zero-order chi connectivity index (χ0) is 15.1. The zero-order valence-electron chi connectivity index (χ0n) is 13.3. The number of likely N-dealkylation sites (N-methyl/N-ethyl adjacent to an activating group) is 1. The molecular weight excluding hydrogens is 260 g/mol. The molecule has 1 aromatic rings. The van der Waals surface area contributed by atoms with Crippen molar-refractivity contribution in [2.75, 3.05) is 20.6 Å². The maximum absolute atomic E-state index is 12.5. The van der Waals surface area contributed by atoms with Crippen LogP contribution >= 0.6 is 0 Å². The van der Waals surface area contributed by atoms with Gasteiger partial charge in [0.1, 0.15) is 6.04 Å². The summed E-state index contributed by atoms with van der Waals surface area (Å²) in [4.78, 5) is 14.5. The van der Waals surface area contributed by atoms with E-state index in [9.17, 15) is 4.79 Å². The monoisotopic (exact) mass is 288 g/mol. The van der Waals surface area contributed by atoms with Crippen LogP contribution in [-0.4, -0.2) is 31.4 Å². The Morgan fingerprint density at radius 2 is 1.86 bits per heavy atom. The van der Waals surface area contributed by atoms with Gasteiger partial charge in [-0.15, -0.1) is 0 Å². The molecule has 0 aromatic heterocycles. The minimum absolute atomic E-state index is 0.113. The van der Waals surface area contributed by atoms with E-state index in [2.05, 4.69) is 5.32 Å². The summed E-state index contributed by atoms with van der Waals surface area (Å²) in [5.74, 6) is 0.926. The van der Waals surface area contributed by atoms with Crippen LogP contribution in [0.15, 0.2) is 30.3 Å². The number of hydrogen-bond donors (Lipinski definition) is 1. The van der Waals surface area contributed by atoms with Crippen molar-refractivity contribution in [1.29, 1.82) is 0 Å². The second kappa shape index (κ2) is 8.18. The highest BCUT2D eigenvalue weighted by Crippen LogP contribution is 2.26. The molecule has 1 atom stereocenters. The van der Waals surface area contributed by atoms with E-state index in [1.54, 1.807) is 0 Å². The van der Waals surface area contributed by atoms with Crippen molar-refractivity contribution < 1.29 is 4.79 Å². The van der Waals surface area contributed by atoms with Crippen LogP contribution in [0.2, 0.25) is 0 Å². The van der Waals surface area contributed by atoms with E-state index in [0.29, 0.717) is 0 Å². The topological polar surface area (TPSA) is 32.3 Å². The van der Waals surface area contributed by atoms with Crippen LogP contribution in [-0.2, 0) is 4.79 Å². The quantitative estimate of drug-likeness (QED) is 0.870. The largest absolute Gasteiger partial charge is 0.354 e. The van der Waals surface area contributed by atoms with Crippen molar-refractivity contribution in [3.8, 4) is 0 Å². The lowest BCUT2D eigenvalue weighted by Crippen LogP contribution is -2.37. The summed E-state index contributed by atoms with van der Waals surface area (Å²) in [6.45, 7) is 0.806. The fourth-order valence-corrected chi connectivity index (χ4v) is 3.29. The summed E-state index contributed by atoms with van der Waals surface area (Å²) in [5, 5.41) is 3.13. The Hall–Kier alpha value is -1.35. The molecule has 0 radical (unpaired) electrons. The van der Waals surface area contributed by atoms with Gasteiger partial charge in [-0.25, -0.2) is 0 Å². The van der Waals surface area contributed by atoms with Crippen LogP contribution in [0.1, 0.15) is 50.1 Å². The second-order valence-electron chi connectivity index (χ2n) is 6.36. The number of rotatable bonds is 6. The molecule has 0 aliphatic heterocycles. The first-order chi connectivity index (χ1) is 10.2. The molecule has 21 heavy (non-hydrogen) atoms. The van der Waals surface area contributed by atoms with E-state index in [1.807, 2.05) is 49.3 Å². The molecule has 0 heterocycles. The fraction of sp³-hybridized carbons (Fsp3) is 0.611. The molecule has 1 fully saturated rings. The average molecular weight is 288 g/mol. The van der Waals surface area contributed by atoms with Crippen LogP contribution in [0.25, 0.3) is 0 Å². The summed E-state index contributed by atoms with van der Waals surface area (Å²) >= 11 is 0. The minimum atomic E-state index is -0.197. The maximum atomic E-state index is 12.5. The lowest BCUT2D eigenvalue weighted by atomic mass is 9.87. The number of amides is 1. The molecule has 116 valence electrons. The molecule has 2 rings (SSSR count). The molecule has 1 aliphatic carbocycles. The van der Waals surface area contributed by atoms with Gasteiger partial charge in [0.15, 0.2) is 0 Å². The van der Waals surface area contributed by atoms with Gasteiger partial charge in [-0.3, -0.25) is 9.69 Å². The van der Waals surface area contributed by atoms with Crippen LogP contribution in [0.4, 0.5) is 0 Å². The molecule has 0 bridgehead atoms. The Balaban J connectivity index is 1.84. The third kappa shape index (κ3) is 4.85. The standard InChI is InChI=1S/C18H28N2O/c1-20(2)17(16-11-7-4-8-12-16)18(21)19-14-13-15-9-5-3-6-10-15/h4,7-8,11-12,15,17H,3,5-6,9-10,13-14H2,1-2H3,(H,19,21)/t17-/m1/s1. The van der Waals surface area contributed by atoms with Gasteiger partial charge < -0.3 is 5.32 Å². The predicted octanol–water partition coefficient (Wildman–Crippen LogP) is 3.38. The average Bonchev–Trinajstić information content (AvgIpc) is 2.49. The molecule has 1 aliphatic rings. The van der Waals surface area contributed by atoms with Crippen molar-refractivity contribution in [2.45, 2.75) is 44.6 Å². The Bertz CT molecular complexity index is 424. The Kier molecular flexibility index (Phi) is 6.24. The van der Waals surface area contributed by atoms with E-state index < -0.39 is 0 Å². The van der Waals surface area contributed by atoms with E-state index in [-0.39, 0.29) is 11.9 Å². The van der Waals surface area contributed by atoms with Crippen molar-refractivity contribution in [3.63, 3.8) is 0 Å². The molecule has 1 aromatic carbocycles. The van der Waals surface area contributed by atoms with Crippen LogP contribution in [0.3, 0.4) is 0 Å². The highest BCUT2D eigenvalue weighted by Gasteiger charge is 2.22. The first-order valence-corrected chi connectivity index (χ1v) is 8.17. The number of carbonyl (C=O) groups excluding carboxylic acids is 1. The number of benzene rings is 1. The lowest BCUT2D eigenvalue weighted by molar-refractivity contribution is -0.125. The number of nitrogens with one attached hydrogen (secondary N) is 1. The summed E-state index contributed by atoms with van der Waals surface area (Å²) in [5.41, 5.74) is 1.05.